The Hall–Kier alpha value is -1.48. The molecule has 174 valence electrons. The predicted octanol–water partition coefficient (Wildman–Crippen LogP) is 0.454. The van der Waals surface area contributed by atoms with Gasteiger partial charge in [0, 0.05) is 18.8 Å². The van der Waals surface area contributed by atoms with Crippen molar-refractivity contribution in [1.29, 1.82) is 0 Å². The maximum atomic E-state index is 14.4. The standard InChI is InChI=1S/C11H17FN5O11P3/c12-6-3-8(17-5-16-9-10(13)14-1-2-15-11(9)17)26-7(6)4-25-30(21,22)28-31(23,24)27-29(18,19)20/h1-2,5-8,15H,3-4H2,(H2,13,14)(H,21,22)(H,23,24)(H2,18,19,20). The van der Waals surface area contributed by atoms with Gasteiger partial charge in [-0.2, -0.15) is 8.62 Å². The average Bonchev–Trinajstić information content (AvgIpc) is 3.12. The highest BCUT2D eigenvalue weighted by Crippen LogP contribution is 2.66. The lowest BCUT2D eigenvalue weighted by molar-refractivity contribution is -0.0323. The Labute approximate surface area is 173 Å². The summed E-state index contributed by atoms with van der Waals surface area (Å²) in [6.45, 7) is -0.908. The zero-order valence-corrected chi connectivity index (χ0v) is 17.8. The minimum Gasteiger partial charge on any atom is -0.382 e. The van der Waals surface area contributed by atoms with Crippen molar-refractivity contribution in [1.82, 2.24) is 9.55 Å². The molecule has 0 spiro atoms. The van der Waals surface area contributed by atoms with Crippen molar-refractivity contribution in [2.24, 2.45) is 10.7 Å². The number of hydrogen-bond donors (Lipinski definition) is 6. The van der Waals surface area contributed by atoms with Crippen LogP contribution in [-0.4, -0.2) is 53.8 Å². The van der Waals surface area contributed by atoms with E-state index in [1.165, 1.54) is 23.3 Å². The Morgan fingerprint density at radius 3 is 2.65 bits per heavy atom. The van der Waals surface area contributed by atoms with E-state index in [0.29, 0.717) is 11.5 Å². The molecule has 1 aromatic rings. The number of phosphoric ester groups is 1. The topological polar surface area (TPSA) is 237 Å². The van der Waals surface area contributed by atoms with E-state index in [4.69, 9.17) is 25.2 Å². The molecule has 20 heteroatoms. The quantitative estimate of drug-likeness (QED) is 0.262. The Morgan fingerprint density at radius 2 is 1.97 bits per heavy atom. The number of ether oxygens (including phenoxy) is 1. The van der Waals surface area contributed by atoms with Crippen molar-refractivity contribution in [3.63, 3.8) is 0 Å². The molecule has 2 aliphatic heterocycles. The molecule has 0 aromatic carbocycles. The van der Waals surface area contributed by atoms with Gasteiger partial charge in [0.15, 0.2) is 5.84 Å². The number of imidazole rings is 1. The van der Waals surface area contributed by atoms with E-state index < -0.39 is 48.6 Å². The number of nitrogens with zero attached hydrogens (tertiary/aromatic N) is 3. The van der Waals surface area contributed by atoms with Gasteiger partial charge in [-0.1, -0.05) is 0 Å². The molecule has 1 saturated heterocycles. The number of nitrogens with two attached hydrogens (primary N) is 1. The molecular weight excluding hydrogens is 490 g/mol. The number of aliphatic imine (C=N–C) groups is 1. The SMILES string of the molecule is NC1=NC=CNc2c1ncn2C1CC(F)C(COP(=O)(O)OP(=O)(O)OP(=O)(O)O)O1. The third-order valence-electron chi connectivity index (χ3n) is 3.83. The lowest BCUT2D eigenvalue weighted by Gasteiger charge is -2.19. The van der Waals surface area contributed by atoms with Crippen LogP contribution in [0.5, 0.6) is 0 Å². The molecule has 1 fully saturated rings. The molecule has 2 aliphatic rings. The number of fused-ring (bicyclic) bond motifs is 1. The lowest BCUT2D eigenvalue weighted by Crippen LogP contribution is -2.23. The van der Waals surface area contributed by atoms with E-state index in [1.807, 2.05) is 0 Å². The van der Waals surface area contributed by atoms with Crippen LogP contribution in [0, 0.1) is 0 Å². The third-order valence-corrected chi connectivity index (χ3v) is 7.64. The smallest absolute Gasteiger partial charge is 0.382 e. The molecule has 0 aliphatic carbocycles. The number of alkyl halides is 1. The van der Waals surface area contributed by atoms with E-state index in [2.05, 4.69) is 28.4 Å². The number of nitrogens with one attached hydrogen (secondary N) is 1. The Kier molecular flexibility index (Phi) is 6.87. The second-order valence-corrected chi connectivity index (χ2v) is 10.5. The molecule has 3 heterocycles. The van der Waals surface area contributed by atoms with Crippen molar-refractivity contribution >= 4 is 35.1 Å². The molecule has 0 saturated carbocycles. The summed E-state index contributed by atoms with van der Waals surface area (Å²) in [6, 6.07) is 0. The van der Waals surface area contributed by atoms with Crippen molar-refractivity contribution < 1.29 is 55.5 Å². The molecule has 3 rings (SSSR count). The average molecular weight is 507 g/mol. The maximum Gasteiger partial charge on any atom is 0.490 e. The summed E-state index contributed by atoms with van der Waals surface area (Å²) in [5.74, 6) is 0.467. The first kappa shape index (κ1) is 24.2. The van der Waals surface area contributed by atoms with E-state index in [1.54, 1.807) is 0 Å². The second-order valence-electron chi connectivity index (χ2n) is 6.09. The first-order valence-corrected chi connectivity index (χ1v) is 12.7. The highest BCUT2D eigenvalue weighted by Gasteiger charge is 2.43. The molecule has 0 amide bonds. The van der Waals surface area contributed by atoms with Gasteiger partial charge in [-0.05, 0) is 0 Å². The van der Waals surface area contributed by atoms with Gasteiger partial charge >= 0.3 is 23.5 Å². The zero-order chi connectivity index (χ0) is 23.0. The van der Waals surface area contributed by atoms with Gasteiger partial charge in [-0.25, -0.2) is 28.1 Å². The normalized spacial score (nSPS) is 27.5. The van der Waals surface area contributed by atoms with Crippen LogP contribution in [0.15, 0.2) is 23.7 Å². The largest absolute Gasteiger partial charge is 0.490 e. The molecule has 16 nitrogen and oxygen atoms in total. The lowest BCUT2D eigenvalue weighted by atomic mass is 10.2. The first-order chi connectivity index (χ1) is 14.3. The predicted molar refractivity (Wildman–Crippen MR) is 99.0 cm³/mol. The van der Waals surface area contributed by atoms with Crippen LogP contribution in [0.25, 0.3) is 0 Å². The molecule has 1 aromatic heterocycles. The van der Waals surface area contributed by atoms with Crippen LogP contribution >= 0.6 is 23.5 Å². The second kappa shape index (κ2) is 8.81. The van der Waals surface area contributed by atoms with Crippen molar-refractivity contribution in [3.8, 4) is 0 Å². The minimum atomic E-state index is -5.67. The van der Waals surface area contributed by atoms with Crippen molar-refractivity contribution in [2.75, 3.05) is 11.9 Å². The van der Waals surface area contributed by atoms with Gasteiger partial charge in [-0.3, -0.25) is 9.09 Å². The summed E-state index contributed by atoms with van der Waals surface area (Å²) >= 11 is 0. The molecular formula is C11H17FN5O11P3. The van der Waals surface area contributed by atoms with Gasteiger partial charge in [-0.15, -0.1) is 0 Å². The maximum absolute atomic E-state index is 14.4. The summed E-state index contributed by atoms with van der Waals surface area (Å²) in [5, 5.41) is 2.86. The fourth-order valence-corrected chi connectivity index (χ4v) is 5.72. The molecule has 5 unspecified atom stereocenters. The summed E-state index contributed by atoms with van der Waals surface area (Å²) in [7, 11) is -16.6. The molecule has 31 heavy (non-hydrogen) atoms. The molecule has 0 radical (unpaired) electrons. The van der Waals surface area contributed by atoms with E-state index in [0.717, 1.165) is 0 Å². The Morgan fingerprint density at radius 1 is 1.26 bits per heavy atom. The van der Waals surface area contributed by atoms with Crippen molar-refractivity contribution in [2.45, 2.75) is 24.9 Å². The Balaban J connectivity index is 1.63. The fraction of sp³-hybridized carbons (Fsp3) is 0.455. The van der Waals surface area contributed by atoms with Crippen LogP contribution < -0.4 is 11.1 Å². The van der Waals surface area contributed by atoms with Gasteiger partial charge in [0.1, 0.15) is 30.0 Å². The third kappa shape index (κ3) is 6.28. The number of hydrogen-bond acceptors (Lipinski definition) is 11. The first-order valence-electron chi connectivity index (χ1n) is 8.16. The van der Waals surface area contributed by atoms with Crippen LogP contribution in [-0.2, 0) is 31.6 Å². The summed E-state index contributed by atoms with van der Waals surface area (Å²) in [4.78, 5) is 43.5. The van der Waals surface area contributed by atoms with E-state index in [-0.39, 0.29) is 12.3 Å². The van der Waals surface area contributed by atoms with Gasteiger partial charge in [0.25, 0.3) is 0 Å². The van der Waals surface area contributed by atoms with Crippen LogP contribution in [0.1, 0.15) is 18.3 Å². The monoisotopic (exact) mass is 507 g/mol. The number of anilines is 1. The summed E-state index contributed by atoms with van der Waals surface area (Å²) in [5.41, 5.74) is 6.06. The van der Waals surface area contributed by atoms with E-state index >= 15 is 0 Å². The highest BCUT2D eigenvalue weighted by atomic mass is 31.3. The van der Waals surface area contributed by atoms with Crippen LogP contribution in [0.2, 0.25) is 0 Å². The number of halogens is 1. The number of amidine groups is 1. The highest BCUT2D eigenvalue weighted by molar-refractivity contribution is 7.66. The summed E-state index contributed by atoms with van der Waals surface area (Å²) < 4.78 is 66.5. The van der Waals surface area contributed by atoms with Gasteiger partial charge in [0.2, 0.25) is 0 Å². The minimum absolute atomic E-state index is 0.106. The summed E-state index contributed by atoms with van der Waals surface area (Å²) in [6.07, 6.45) is -0.0569. The van der Waals surface area contributed by atoms with Gasteiger partial charge in [0.05, 0.1) is 12.9 Å². The molecule has 7 N–H and O–H groups in total. The Bertz CT molecular complexity index is 1040. The number of phosphoric acid groups is 3. The number of rotatable bonds is 8. The molecule has 0 bridgehead atoms. The van der Waals surface area contributed by atoms with Crippen LogP contribution in [0.3, 0.4) is 0 Å². The van der Waals surface area contributed by atoms with Crippen LogP contribution in [0.4, 0.5) is 10.2 Å². The zero-order valence-electron chi connectivity index (χ0n) is 15.2. The van der Waals surface area contributed by atoms with Gasteiger partial charge < -0.3 is 35.4 Å². The molecule has 5 atom stereocenters. The van der Waals surface area contributed by atoms with Crippen molar-refractivity contribution in [3.05, 3.63) is 24.4 Å². The number of aromatic nitrogens is 2. The fourth-order valence-electron chi connectivity index (χ4n) is 2.69. The van der Waals surface area contributed by atoms with E-state index in [9.17, 15) is 23.0 Å².